The number of thiazole rings is 1. The van der Waals surface area contributed by atoms with Gasteiger partial charge in [0.15, 0.2) is 0 Å². The summed E-state index contributed by atoms with van der Waals surface area (Å²) in [4.78, 5) is 61.1. The molecule has 158 valence electrons. The molecule has 13 nitrogen and oxygen atoms in total. The molecule has 0 atom stereocenters. The molecule has 15 heteroatoms. The molecule has 0 aliphatic carbocycles. The Morgan fingerprint density at radius 2 is 1.83 bits per heavy atom. The maximum Gasteiger partial charge on any atom is 0.328 e. The van der Waals surface area contributed by atoms with Crippen molar-refractivity contribution < 1.29 is 24.1 Å². The van der Waals surface area contributed by atoms with Crippen LogP contribution in [0.5, 0.6) is 0 Å². The number of aryl methyl sites for hydroxylation is 1. The molecule has 1 heterocycles. The molecule has 5 N–H and O–H groups in total. The third-order valence-electron chi connectivity index (χ3n) is 3.24. The van der Waals surface area contributed by atoms with Crippen LogP contribution in [0.25, 0.3) is 0 Å². The average molecular weight is 456 g/mol. The molecule has 0 fully saturated rings. The Bertz CT molecular complexity index is 1040. The number of carbonyl (C=O) groups excluding carboxylic acids is 4. The van der Waals surface area contributed by atoms with E-state index >= 15 is 0 Å². The van der Waals surface area contributed by atoms with Gasteiger partial charge in [0, 0.05) is 18.7 Å². The first kappa shape index (κ1) is 22.5. The number of aromatic nitrogens is 1. The lowest BCUT2D eigenvalue weighted by Gasteiger charge is -2.07. The summed E-state index contributed by atoms with van der Waals surface area (Å²) in [5.74, 6) is -3.51. The highest BCUT2D eigenvalue weighted by Crippen LogP contribution is 2.27. The smallest absolute Gasteiger partial charge is 0.317 e. The number of hydrazine groups is 2. The van der Waals surface area contributed by atoms with E-state index in [1.807, 2.05) is 10.9 Å². The summed E-state index contributed by atoms with van der Waals surface area (Å²) in [6.07, 6.45) is 0. The van der Waals surface area contributed by atoms with Crippen LogP contribution in [0.4, 0.5) is 16.5 Å². The minimum atomic E-state index is -1.22. The fourth-order valence-corrected chi connectivity index (χ4v) is 2.95. The minimum Gasteiger partial charge on any atom is -0.317 e. The number of nitrogens with one attached hydrogen (secondary N) is 5. The van der Waals surface area contributed by atoms with E-state index < -0.39 is 28.3 Å². The SMILES string of the molecule is CC(=O)NNc1nc(C)c(C(=O)NNC(=O)C(=O)Nc2ccc(Cl)c([N+](=O)[O-])c2)s1. The van der Waals surface area contributed by atoms with Crippen LogP contribution in [-0.2, 0) is 14.4 Å². The van der Waals surface area contributed by atoms with Gasteiger partial charge in [0.1, 0.15) is 9.90 Å². The quantitative estimate of drug-likeness (QED) is 0.250. The van der Waals surface area contributed by atoms with Crippen molar-refractivity contribution in [2.24, 2.45) is 0 Å². The molecule has 2 aromatic rings. The first-order valence-electron chi connectivity index (χ1n) is 7.94. The van der Waals surface area contributed by atoms with E-state index in [4.69, 9.17) is 11.6 Å². The Morgan fingerprint density at radius 1 is 1.13 bits per heavy atom. The van der Waals surface area contributed by atoms with Gasteiger partial charge in [-0.2, -0.15) is 0 Å². The van der Waals surface area contributed by atoms with Crippen molar-refractivity contribution in [1.82, 2.24) is 21.3 Å². The van der Waals surface area contributed by atoms with Gasteiger partial charge >= 0.3 is 11.8 Å². The van der Waals surface area contributed by atoms with Crippen molar-refractivity contribution in [3.63, 3.8) is 0 Å². The number of hydrogen-bond donors (Lipinski definition) is 5. The fourth-order valence-electron chi connectivity index (χ4n) is 1.95. The summed E-state index contributed by atoms with van der Waals surface area (Å²) >= 11 is 6.57. The molecule has 0 radical (unpaired) electrons. The summed E-state index contributed by atoms with van der Waals surface area (Å²) in [6.45, 7) is 2.82. The highest BCUT2D eigenvalue weighted by Gasteiger charge is 2.20. The summed E-state index contributed by atoms with van der Waals surface area (Å²) in [5.41, 5.74) is 8.60. The maximum absolute atomic E-state index is 12.2. The van der Waals surface area contributed by atoms with Crippen molar-refractivity contribution in [3.8, 4) is 0 Å². The Balaban J connectivity index is 1.94. The highest BCUT2D eigenvalue weighted by molar-refractivity contribution is 7.17. The van der Waals surface area contributed by atoms with Crippen LogP contribution in [-0.4, -0.2) is 33.5 Å². The summed E-state index contributed by atoms with van der Waals surface area (Å²) in [6, 6.07) is 3.44. The first-order chi connectivity index (χ1) is 14.1. The number of hydrogen-bond acceptors (Lipinski definition) is 9. The number of halogens is 1. The molecule has 0 unspecified atom stereocenters. The van der Waals surface area contributed by atoms with E-state index in [2.05, 4.69) is 21.2 Å². The molecular formula is C15H14ClN7O6S. The van der Waals surface area contributed by atoms with Crippen molar-refractivity contribution in [3.05, 3.63) is 43.9 Å². The predicted octanol–water partition coefficient (Wildman–Crippen LogP) is 0.876. The maximum atomic E-state index is 12.2. The first-order valence-corrected chi connectivity index (χ1v) is 9.13. The molecule has 1 aromatic carbocycles. The minimum absolute atomic E-state index is 0.0374. The third-order valence-corrected chi connectivity index (χ3v) is 4.64. The fraction of sp³-hybridized carbons (Fsp3) is 0.133. The predicted molar refractivity (Wildman–Crippen MR) is 107 cm³/mol. The zero-order valence-corrected chi connectivity index (χ0v) is 16.9. The topological polar surface area (TPSA) is 184 Å². The van der Waals surface area contributed by atoms with E-state index in [0.29, 0.717) is 5.69 Å². The zero-order chi connectivity index (χ0) is 22.4. The third kappa shape index (κ3) is 5.86. The van der Waals surface area contributed by atoms with Gasteiger partial charge in [-0.3, -0.25) is 51.0 Å². The molecule has 0 saturated heterocycles. The summed E-state index contributed by atoms with van der Waals surface area (Å²) < 4.78 is 0. The lowest BCUT2D eigenvalue weighted by atomic mass is 10.3. The molecule has 0 aliphatic rings. The molecule has 0 bridgehead atoms. The van der Waals surface area contributed by atoms with E-state index in [0.717, 1.165) is 17.4 Å². The van der Waals surface area contributed by atoms with Crippen LogP contribution < -0.4 is 27.0 Å². The Kier molecular flexibility index (Phi) is 7.22. The van der Waals surface area contributed by atoms with Crippen LogP contribution >= 0.6 is 22.9 Å². The normalized spacial score (nSPS) is 9.97. The van der Waals surface area contributed by atoms with Gasteiger partial charge in [-0.25, -0.2) is 4.98 Å². The number of anilines is 2. The lowest BCUT2D eigenvalue weighted by molar-refractivity contribution is -0.384. The van der Waals surface area contributed by atoms with E-state index in [-0.39, 0.29) is 26.6 Å². The second-order valence-corrected chi connectivity index (χ2v) is 6.93. The van der Waals surface area contributed by atoms with Gasteiger partial charge in [-0.1, -0.05) is 22.9 Å². The number of nitrogens with zero attached hydrogens (tertiary/aromatic N) is 2. The number of amides is 4. The van der Waals surface area contributed by atoms with Crippen molar-refractivity contribution in [2.45, 2.75) is 13.8 Å². The molecule has 0 aliphatic heterocycles. The molecule has 1 aromatic heterocycles. The van der Waals surface area contributed by atoms with Crippen LogP contribution in [0.1, 0.15) is 22.3 Å². The molecule has 0 spiro atoms. The van der Waals surface area contributed by atoms with Crippen molar-refractivity contribution in [2.75, 3.05) is 10.7 Å². The van der Waals surface area contributed by atoms with Gasteiger partial charge in [0.05, 0.1) is 10.6 Å². The van der Waals surface area contributed by atoms with E-state index in [9.17, 15) is 29.3 Å². The number of rotatable bonds is 5. The van der Waals surface area contributed by atoms with Crippen LogP contribution in [0.3, 0.4) is 0 Å². The second kappa shape index (κ2) is 9.62. The molecule has 4 amide bonds. The summed E-state index contributed by atoms with van der Waals surface area (Å²) in [5, 5.41) is 13.1. The van der Waals surface area contributed by atoms with Crippen molar-refractivity contribution >= 4 is 63.1 Å². The number of benzene rings is 1. The molecule has 0 saturated carbocycles. The number of carbonyl (C=O) groups is 4. The molecular weight excluding hydrogens is 442 g/mol. The zero-order valence-electron chi connectivity index (χ0n) is 15.4. The highest BCUT2D eigenvalue weighted by atomic mass is 35.5. The standard InChI is InChI=1S/C15H14ClN7O6S/c1-6-11(30-15(17-6)22-19-7(2)24)12(25)20-21-14(27)13(26)18-8-3-4-9(16)10(5-8)23(28)29/h3-5H,1-2H3,(H,17,22)(H,18,26)(H,19,24)(H,20,25)(H,21,27). The van der Waals surface area contributed by atoms with Gasteiger partial charge in [0.25, 0.3) is 11.6 Å². The van der Waals surface area contributed by atoms with Crippen LogP contribution in [0.2, 0.25) is 5.02 Å². The van der Waals surface area contributed by atoms with Gasteiger partial charge in [-0.15, -0.1) is 0 Å². The van der Waals surface area contributed by atoms with Crippen molar-refractivity contribution in [1.29, 1.82) is 0 Å². The van der Waals surface area contributed by atoms with Gasteiger partial charge in [-0.05, 0) is 19.1 Å². The van der Waals surface area contributed by atoms with E-state index in [1.165, 1.54) is 26.0 Å². The van der Waals surface area contributed by atoms with Crippen LogP contribution in [0, 0.1) is 17.0 Å². The molecule has 30 heavy (non-hydrogen) atoms. The largest absolute Gasteiger partial charge is 0.328 e. The summed E-state index contributed by atoms with van der Waals surface area (Å²) in [7, 11) is 0. The number of nitro benzene ring substituents is 1. The molecule has 2 rings (SSSR count). The number of nitro groups is 1. The van der Waals surface area contributed by atoms with Gasteiger partial charge in [0.2, 0.25) is 11.0 Å². The van der Waals surface area contributed by atoms with Crippen LogP contribution in [0.15, 0.2) is 18.2 Å². The Labute approximate surface area is 177 Å². The monoisotopic (exact) mass is 455 g/mol. The lowest BCUT2D eigenvalue weighted by Crippen LogP contribution is -2.46. The average Bonchev–Trinajstić information content (AvgIpc) is 3.06. The Hall–Kier alpha value is -3.78. The van der Waals surface area contributed by atoms with E-state index in [1.54, 1.807) is 0 Å². The Morgan fingerprint density at radius 3 is 2.47 bits per heavy atom. The van der Waals surface area contributed by atoms with Gasteiger partial charge < -0.3 is 5.32 Å². The second-order valence-electron chi connectivity index (χ2n) is 5.53.